The second-order valence-electron chi connectivity index (χ2n) is 5.71. The van der Waals surface area contributed by atoms with Crippen LogP contribution >= 0.6 is 0 Å². The first-order valence-corrected chi connectivity index (χ1v) is 5.84. The lowest BCUT2D eigenvalue weighted by Gasteiger charge is -2.31. The van der Waals surface area contributed by atoms with Crippen LogP contribution in [0.1, 0.15) is 33.6 Å². The largest absolute Gasteiger partial charge is 0.330 e. The maximum atomic E-state index is 12.1. The van der Waals surface area contributed by atoms with E-state index in [2.05, 4.69) is 5.92 Å². The summed E-state index contributed by atoms with van der Waals surface area (Å²) in [7, 11) is 0. The molecule has 0 bridgehead atoms. The van der Waals surface area contributed by atoms with Gasteiger partial charge in [0.25, 0.3) is 0 Å². The van der Waals surface area contributed by atoms with Gasteiger partial charge in [0, 0.05) is 6.54 Å². The molecule has 0 aromatic heterocycles. The lowest BCUT2D eigenvalue weighted by Crippen LogP contribution is -2.51. The van der Waals surface area contributed by atoms with Crippen molar-refractivity contribution in [3.63, 3.8) is 0 Å². The Morgan fingerprint density at radius 1 is 1.56 bits per heavy atom. The number of terminal acetylenes is 1. The van der Waals surface area contributed by atoms with Crippen LogP contribution in [0.2, 0.25) is 0 Å². The monoisotopic (exact) mass is 222 g/mol. The van der Waals surface area contributed by atoms with Crippen LogP contribution in [0.5, 0.6) is 0 Å². The van der Waals surface area contributed by atoms with E-state index in [1.165, 1.54) is 12.8 Å². The summed E-state index contributed by atoms with van der Waals surface area (Å²) in [5, 5.41) is 0. The number of hydrogen-bond acceptors (Lipinski definition) is 2. The van der Waals surface area contributed by atoms with Gasteiger partial charge in [-0.15, -0.1) is 6.42 Å². The smallest absolute Gasteiger partial charge is 0.240 e. The van der Waals surface area contributed by atoms with Crippen molar-refractivity contribution in [3.05, 3.63) is 0 Å². The summed E-state index contributed by atoms with van der Waals surface area (Å²) in [6.07, 6.45) is 7.70. The highest BCUT2D eigenvalue weighted by Crippen LogP contribution is 2.30. The van der Waals surface area contributed by atoms with Gasteiger partial charge in [-0.25, -0.2) is 0 Å². The third kappa shape index (κ3) is 3.53. The molecule has 0 aromatic carbocycles. The van der Waals surface area contributed by atoms with Gasteiger partial charge in [0.15, 0.2) is 0 Å². The number of rotatable bonds is 4. The minimum Gasteiger partial charge on any atom is -0.330 e. The minimum absolute atomic E-state index is 0.0163. The lowest BCUT2D eigenvalue weighted by atomic mass is 9.86. The summed E-state index contributed by atoms with van der Waals surface area (Å²) in [5.74, 6) is 3.16. The molecule has 1 amide bonds. The zero-order chi connectivity index (χ0) is 12.3. The molecule has 1 aliphatic carbocycles. The molecule has 0 aromatic rings. The van der Waals surface area contributed by atoms with E-state index in [1.807, 2.05) is 20.8 Å². The van der Waals surface area contributed by atoms with Gasteiger partial charge in [0.2, 0.25) is 5.91 Å². The normalized spacial score (nSPS) is 17.7. The van der Waals surface area contributed by atoms with E-state index < -0.39 is 6.04 Å². The molecule has 1 aliphatic rings. The first kappa shape index (κ1) is 13.1. The van der Waals surface area contributed by atoms with Crippen molar-refractivity contribution in [2.45, 2.75) is 39.7 Å². The second-order valence-corrected chi connectivity index (χ2v) is 5.71. The molecular formula is C13H22N2O. The summed E-state index contributed by atoms with van der Waals surface area (Å²) < 4.78 is 0. The van der Waals surface area contributed by atoms with Crippen molar-refractivity contribution in [1.29, 1.82) is 0 Å². The fraction of sp³-hybridized carbons (Fsp3) is 0.769. The molecule has 90 valence electrons. The number of amides is 1. The van der Waals surface area contributed by atoms with Crippen LogP contribution in [-0.2, 0) is 4.79 Å². The minimum atomic E-state index is -0.473. The van der Waals surface area contributed by atoms with E-state index in [-0.39, 0.29) is 11.3 Å². The number of carbonyl (C=O) groups excluding carboxylic acids is 1. The maximum Gasteiger partial charge on any atom is 0.240 e. The number of hydrogen-bond donors (Lipinski definition) is 1. The van der Waals surface area contributed by atoms with Gasteiger partial charge >= 0.3 is 0 Å². The van der Waals surface area contributed by atoms with Crippen LogP contribution in [0.15, 0.2) is 0 Å². The molecule has 1 atom stereocenters. The molecule has 16 heavy (non-hydrogen) atoms. The summed E-state index contributed by atoms with van der Waals surface area (Å²) in [6, 6.07) is -0.473. The van der Waals surface area contributed by atoms with Crippen LogP contribution in [0, 0.1) is 23.7 Å². The van der Waals surface area contributed by atoms with Crippen molar-refractivity contribution in [2.24, 2.45) is 17.1 Å². The Labute approximate surface area is 98.4 Å². The fourth-order valence-electron chi connectivity index (χ4n) is 1.52. The topological polar surface area (TPSA) is 46.3 Å². The van der Waals surface area contributed by atoms with Crippen molar-refractivity contribution >= 4 is 5.91 Å². The molecule has 0 saturated heterocycles. The Hall–Kier alpha value is -1.01. The van der Waals surface area contributed by atoms with E-state index in [4.69, 9.17) is 12.2 Å². The summed E-state index contributed by atoms with van der Waals surface area (Å²) in [5.41, 5.74) is 5.75. The quantitative estimate of drug-likeness (QED) is 0.727. The van der Waals surface area contributed by atoms with Crippen molar-refractivity contribution in [3.8, 4) is 12.3 Å². The standard InChI is InChI=1S/C13H22N2O/c1-5-8-15(9-10-6-7-10)12(16)11(14)13(2,3)4/h1,10-11H,6-9,14H2,2-4H3/t11-/m1/s1. The lowest BCUT2D eigenvalue weighted by molar-refractivity contribution is -0.134. The SMILES string of the molecule is C#CCN(CC1CC1)C(=O)[C@@H](N)C(C)(C)C. The second kappa shape index (κ2) is 4.88. The average Bonchev–Trinajstić information content (AvgIpc) is 2.97. The van der Waals surface area contributed by atoms with E-state index in [1.54, 1.807) is 4.90 Å². The molecule has 0 heterocycles. The van der Waals surface area contributed by atoms with E-state index in [9.17, 15) is 4.79 Å². The molecule has 2 N–H and O–H groups in total. The first-order chi connectivity index (χ1) is 7.36. The Bertz CT molecular complexity index is 294. The molecular weight excluding hydrogens is 200 g/mol. The predicted molar refractivity (Wildman–Crippen MR) is 65.6 cm³/mol. The van der Waals surface area contributed by atoms with Crippen LogP contribution in [0.4, 0.5) is 0 Å². The van der Waals surface area contributed by atoms with Crippen LogP contribution in [-0.4, -0.2) is 29.9 Å². The first-order valence-electron chi connectivity index (χ1n) is 5.84. The molecule has 0 aliphatic heterocycles. The third-order valence-electron chi connectivity index (χ3n) is 2.97. The molecule has 3 heteroatoms. The van der Waals surface area contributed by atoms with Gasteiger partial charge in [0.05, 0.1) is 12.6 Å². The average molecular weight is 222 g/mol. The highest BCUT2D eigenvalue weighted by atomic mass is 16.2. The van der Waals surface area contributed by atoms with E-state index in [0.29, 0.717) is 12.5 Å². The van der Waals surface area contributed by atoms with E-state index >= 15 is 0 Å². The van der Waals surface area contributed by atoms with Crippen LogP contribution < -0.4 is 5.73 Å². The Kier molecular flexibility index (Phi) is 3.98. The number of carbonyl (C=O) groups is 1. The third-order valence-corrected chi connectivity index (χ3v) is 2.97. The predicted octanol–water partition coefficient (Wildman–Crippen LogP) is 1.23. The van der Waals surface area contributed by atoms with Gasteiger partial charge in [-0.3, -0.25) is 4.79 Å². The molecule has 1 fully saturated rings. The summed E-state index contributed by atoms with van der Waals surface area (Å²) in [4.78, 5) is 13.9. The van der Waals surface area contributed by atoms with Gasteiger partial charge < -0.3 is 10.6 Å². The zero-order valence-corrected chi connectivity index (χ0v) is 10.5. The summed E-state index contributed by atoms with van der Waals surface area (Å²) in [6.45, 7) is 7.06. The van der Waals surface area contributed by atoms with Gasteiger partial charge in [-0.05, 0) is 24.2 Å². The van der Waals surface area contributed by atoms with Crippen molar-refractivity contribution in [1.82, 2.24) is 4.90 Å². The van der Waals surface area contributed by atoms with Crippen molar-refractivity contribution in [2.75, 3.05) is 13.1 Å². The number of nitrogens with two attached hydrogens (primary N) is 1. The Morgan fingerprint density at radius 3 is 2.50 bits per heavy atom. The highest BCUT2D eigenvalue weighted by Gasteiger charge is 2.33. The molecule has 1 rings (SSSR count). The van der Waals surface area contributed by atoms with Gasteiger partial charge in [0.1, 0.15) is 0 Å². The Morgan fingerprint density at radius 2 is 2.12 bits per heavy atom. The molecule has 0 radical (unpaired) electrons. The molecule has 3 nitrogen and oxygen atoms in total. The van der Waals surface area contributed by atoms with Gasteiger partial charge in [-0.2, -0.15) is 0 Å². The van der Waals surface area contributed by atoms with Crippen LogP contribution in [0.3, 0.4) is 0 Å². The zero-order valence-electron chi connectivity index (χ0n) is 10.5. The molecule has 1 saturated carbocycles. The van der Waals surface area contributed by atoms with Crippen molar-refractivity contribution < 1.29 is 4.79 Å². The van der Waals surface area contributed by atoms with Crippen LogP contribution in [0.25, 0.3) is 0 Å². The molecule has 0 spiro atoms. The highest BCUT2D eigenvalue weighted by molar-refractivity contribution is 5.82. The summed E-state index contributed by atoms with van der Waals surface area (Å²) >= 11 is 0. The molecule has 0 unspecified atom stereocenters. The maximum absolute atomic E-state index is 12.1. The van der Waals surface area contributed by atoms with E-state index in [0.717, 1.165) is 6.54 Å². The Balaban J connectivity index is 2.62. The number of nitrogens with zero attached hydrogens (tertiary/aromatic N) is 1. The fourth-order valence-corrected chi connectivity index (χ4v) is 1.52. The van der Waals surface area contributed by atoms with Gasteiger partial charge in [-0.1, -0.05) is 26.7 Å².